The number of aliphatic hydroxyl groups is 1. The van der Waals surface area contributed by atoms with Crippen molar-refractivity contribution in [1.82, 2.24) is 15.1 Å². The third-order valence-corrected chi connectivity index (χ3v) is 3.68. The standard InChI is InChI=1S/C13H15Br2N3O2/c1-7(2)3-9(19)5-11-17-13(18-20-11)12-10(15)4-8(14)6-16-12/h4,6-7,9,19H,3,5H2,1-2H3. The summed E-state index contributed by atoms with van der Waals surface area (Å²) in [5.41, 5.74) is 0.613. The van der Waals surface area contributed by atoms with Crippen LogP contribution >= 0.6 is 31.9 Å². The van der Waals surface area contributed by atoms with E-state index < -0.39 is 6.10 Å². The largest absolute Gasteiger partial charge is 0.393 e. The average Bonchev–Trinajstić information content (AvgIpc) is 2.75. The second-order valence-electron chi connectivity index (χ2n) is 4.98. The van der Waals surface area contributed by atoms with Crippen LogP contribution in [-0.4, -0.2) is 26.3 Å². The summed E-state index contributed by atoms with van der Waals surface area (Å²) < 4.78 is 6.81. The van der Waals surface area contributed by atoms with E-state index in [1.54, 1.807) is 6.20 Å². The number of hydrogen-bond donors (Lipinski definition) is 1. The first kappa shape index (κ1) is 15.6. The van der Waals surface area contributed by atoms with Gasteiger partial charge in [-0.1, -0.05) is 19.0 Å². The van der Waals surface area contributed by atoms with Gasteiger partial charge in [-0.05, 0) is 50.3 Å². The van der Waals surface area contributed by atoms with Crippen LogP contribution < -0.4 is 0 Å². The van der Waals surface area contributed by atoms with Crippen LogP contribution in [0.15, 0.2) is 25.7 Å². The quantitative estimate of drug-likeness (QED) is 0.823. The summed E-state index contributed by atoms with van der Waals surface area (Å²) in [5.74, 6) is 1.26. The first-order valence-electron chi connectivity index (χ1n) is 6.27. The van der Waals surface area contributed by atoms with Gasteiger partial charge in [-0.15, -0.1) is 0 Å². The maximum Gasteiger partial charge on any atom is 0.229 e. The molecule has 2 heterocycles. The second-order valence-corrected chi connectivity index (χ2v) is 6.75. The number of hydrogen-bond acceptors (Lipinski definition) is 5. The fourth-order valence-corrected chi connectivity index (χ4v) is 3.01. The maximum atomic E-state index is 9.88. The van der Waals surface area contributed by atoms with Crippen LogP contribution in [0.1, 0.15) is 26.2 Å². The number of halogens is 2. The Balaban J connectivity index is 2.12. The van der Waals surface area contributed by atoms with Gasteiger partial charge in [0.05, 0.1) is 12.5 Å². The van der Waals surface area contributed by atoms with Crippen LogP contribution in [0.25, 0.3) is 11.5 Å². The van der Waals surface area contributed by atoms with Gasteiger partial charge >= 0.3 is 0 Å². The van der Waals surface area contributed by atoms with Crippen molar-refractivity contribution in [3.05, 3.63) is 27.1 Å². The molecule has 1 unspecified atom stereocenters. The highest BCUT2D eigenvalue weighted by molar-refractivity contribution is 9.11. The topological polar surface area (TPSA) is 72.0 Å². The molecule has 108 valence electrons. The van der Waals surface area contributed by atoms with Crippen molar-refractivity contribution in [3.63, 3.8) is 0 Å². The number of pyridine rings is 1. The van der Waals surface area contributed by atoms with Crippen LogP contribution in [-0.2, 0) is 6.42 Å². The Labute approximate surface area is 134 Å². The molecule has 0 saturated heterocycles. The van der Waals surface area contributed by atoms with E-state index >= 15 is 0 Å². The van der Waals surface area contributed by atoms with E-state index in [-0.39, 0.29) is 0 Å². The monoisotopic (exact) mass is 403 g/mol. The van der Waals surface area contributed by atoms with Gasteiger partial charge in [-0.3, -0.25) is 4.98 Å². The van der Waals surface area contributed by atoms with Crippen LogP contribution in [0.3, 0.4) is 0 Å². The molecule has 0 fully saturated rings. The lowest BCUT2D eigenvalue weighted by atomic mass is 10.0. The van der Waals surface area contributed by atoms with Crippen molar-refractivity contribution in [2.75, 3.05) is 0 Å². The first-order chi connectivity index (χ1) is 9.45. The highest BCUT2D eigenvalue weighted by atomic mass is 79.9. The number of aliphatic hydroxyl groups excluding tert-OH is 1. The van der Waals surface area contributed by atoms with Gasteiger partial charge < -0.3 is 9.63 Å². The van der Waals surface area contributed by atoms with E-state index in [0.29, 0.717) is 36.2 Å². The molecule has 0 bridgehead atoms. The minimum Gasteiger partial charge on any atom is -0.393 e. The predicted molar refractivity (Wildman–Crippen MR) is 82.1 cm³/mol. The average molecular weight is 405 g/mol. The van der Waals surface area contributed by atoms with Gasteiger partial charge in [0, 0.05) is 15.1 Å². The normalized spacial score (nSPS) is 12.9. The van der Waals surface area contributed by atoms with E-state index in [0.717, 1.165) is 8.95 Å². The van der Waals surface area contributed by atoms with E-state index in [2.05, 4.69) is 60.8 Å². The minimum absolute atomic E-state index is 0.360. The molecule has 7 heteroatoms. The molecule has 0 aliphatic rings. The third kappa shape index (κ3) is 4.10. The molecule has 2 aromatic heterocycles. The summed E-state index contributed by atoms with van der Waals surface area (Å²) in [7, 11) is 0. The Kier molecular flexibility index (Phi) is 5.29. The number of nitrogens with zero attached hydrogens (tertiary/aromatic N) is 3. The van der Waals surface area contributed by atoms with Gasteiger partial charge in [0.2, 0.25) is 11.7 Å². The Morgan fingerprint density at radius 2 is 2.10 bits per heavy atom. The smallest absolute Gasteiger partial charge is 0.229 e. The fourth-order valence-electron chi connectivity index (χ4n) is 1.84. The second kappa shape index (κ2) is 6.78. The first-order valence-corrected chi connectivity index (χ1v) is 7.86. The lowest BCUT2D eigenvalue weighted by molar-refractivity contribution is 0.138. The van der Waals surface area contributed by atoms with E-state index in [1.165, 1.54) is 0 Å². The zero-order valence-corrected chi connectivity index (χ0v) is 14.3. The molecule has 20 heavy (non-hydrogen) atoms. The molecule has 0 spiro atoms. The molecule has 1 atom stereocenters. The van der Waals surface area contributed by atoms with Crippen molar-refractivity contribution < 1.29 is 9.63 Å². The molecule has 2 rings (SSSR count). The molecule has 2 aromatic rings. The zero-order valence-electron chi connectivity index (χ0n) is 11.2. The molecule has 0 aromatic carbocycles. The fraction of sp³-hybridized carbons (Fsp3) is 0.462. The van der Waals surface area contributed by atoms with Crippen LogP contribution in [0.2, 0.25) is 0 Å². The van der Waals surface area contributed by atoms with Gasteiger partial charge in [-0.2, -0.15) is 4.98 Å². The molecular weight excluding hydrogens is 390 g/mol. The lowest BCUT2D eigenvalue weighted by Crippen LogP contribution is -2.13. The maximum absolute atomic E-state index is 9.88. The minimum atomic E-state index is -0.468. The molecule has 0 radical (unpaired) electrons. The van der Waals surface area contributed by atoms with Crippen LogP contribution in [0.5, 0.6) is 0 Å². The van der Waals surface area contributed by atoms with Gasteiger partial charge in [0.1, 0.15) is 5.69 Å². The summed E-state index contributed by atoms with van der Waals surface area (Å²) >= 11 is 6.75. The van der Waals surface area contributed by atoms with Crippen molar-refractivity contribution >= 4 is 31.9 Å². The van der Waals surface area contributed by atoms with Crippen molar-refractivity contribution in [3.8, 4) is 11.5 Å². The van der Waals surface area contributed by atoms with E-state index in [1.807, 2.05) is 6.07 Å². The highest BCUT2D eigenvalue weighted by Gasteiger charge is 2.16. The Bertz CT molecular complexity index is 587. The van der Waals surface area contributed by atoms with Crippen molar-refractivity contribution in [2.24, 2.45) is 5.92 Å². The Morgan fingerprint density at radius 1 is 1.35 bits per heavy atom. The molecule has 0 aliphatic carbocycles. The molecule has 0 amide bonds. The predicted octanol–water partition coefficient (Wildman–Crippen LogP) is 3.61. The van der Waals surface area contributed by atoms with Gasteiger partial charge in [-0.25, -0.2) is 0 Å². The summed E-state index contributed by atoms with van der Waals surface area (Å²) in [6.45, 7) is 4.12. The van der Waals surface area contributed by atoms with Crippen molar-refractivity contribution in [1.29, 1.82) is 0 Å². The number of rotatable bonds is 5. The summed E-state index contributed by atoms with van der Waals surface area (Å²) in [5, 5.41) is 13.8. The molecule has 1 N–H and O–H groups in total. The van der Waals surface area contributed by atoms with E-state index in [9.17, 15) is 5.11 Å². The summed E-state index contributed by atoms with van der Waals surface area (Å²) in [6, 6.07) is 1.87. The number of aromatic nitrogens is 3. The van der Waals surface area contributed by atoms with Crippen LogP contribution in [0, 0.1) is 5.92 Å². The van der Waals surface area contributed by atoms with Gasteiger partial charge in [0.15, 0.2) is 0 Å². The summed E-state index contributed by atoms with van der Waals surface area (Å²) in [6.07, 6.45) is 2.27. The van der Waals surface area contributed by atoms with Crippen molar-refractivity contribution in [2.45, 2.75) is 32.8 Å². The van der Waals surface area contributed by atoms with E-state index in [4.69, 9.17) is 4.52 Å². The lowest BCUT2D eigenvalue weighted by Gasteiger charge is -2.09. The van der Waals surface area contributed by atoms with Crippen LogP contribution in [0.4, 0.5) is 0 Å². The molecule has 0 saturated carbocycles. The molecular formula is C13H15Br2N3O2. The molecule has 0 aliphatic heterocycles. The van der Waals surface area contributed by atoms with Gasteiger partial charge in [0.25, 0.3) is 0 Å². The third-order valence-electron chi connectivity index (χ3n) is 2.64. The molecule has 5 nitrogen and oxygen atoms in total. The zero-order chi connectivity index (χ0) is 14.7. The highest BCUT2D eigenvalue weighted by Crippen LogP contribution is 2.26. The Morgan fingerprint density at radius 3 is 2.75 bits per heavy atom. The summed E-state index contributed by atoms with van der Waals surface area (Å²) in [4.78, 5) is 8.52. The SMILES string of the molecule is CC(C)CC(O)Cc1nc(-c2ncc(Br)cc2Br)no1. The Hall–Kier alpha value is -0.790.